The average Bonchev–Trinajstić information content (AvgIpc) is 3.31. The third kappa shape index (κ3) is 5.39. The molecule has 0 aliphatic rings. The molecule has 4 aromatic rings. The van der Waals surface area contributed by atoms with Crippen LogP contribution in [0.1, 0.15) is 22.3 Å². The number of carbonyl (C=O) groups is 2. The van der Waals surface area contributed by atoms with Crippen LogP contribution in [0.25, 0.3) is 22.3 Å². The Morgan fingerprint density at radius 1 is 1.03 bits per heavy atom. The minimum absolute atomic E-state index is 0.0826. The number of pyridine rings is 1. The number of nitrogens with zero attached hydrogens (tertiary/aromatic N) is 3. The van der Waals surface area contributed by atoms with Crippen LogP contribution in [0.5, 0.6) is 0 Å². The zero-order chi connectivity index (χ0) is 23.2. The summed E-state index contributed by atoms with van der Waals surface area (Å²) in [5, 5.41) is 31.9. The lowest BCUT2D eigenvalue weighted by molar-refractivity contribution is -0.143. The first-order chi connectivity index (χ1) is 16.0. The first kappa shape index (κ1) is 22.1. The number of carboxylic acid groups (broad SMARTS) is 1. The van der Waals surface area contributed by atoms with E-state index in [4.69, 9.17) is 0 Å². The summed E-state index contributed by atoms with van der Waals surface area (Å²) in [6, 6.07) is 18.9. The van der Waals surface area contributed by atoms with Crippen molar-refractivity contribution in [3.05, 3.63) is 78.0 Å². The number of aromatic nitrogens is 4. The molecule has 4 N–H and O–H groups in total. The van der Waals surface area contributed by atoms with Crippen molar-refractivity contribution in [3.8, 4) is 11.1 Å². The lowest BCUT2D eigenvalue weighted by Gasteiger charge is -2.22. The maximum atomic E-state index is 12.9. The van der Waals surface area contributed by atoms with Crippen LogP contribution in [0.2, 0.25) is 0 Å². The largest absolute Gasteiger partial charge is 0.481 e. The fourth-order valence-corrected chi connectivity index (χ4v) is 3.68. The number of H-pyrrole nitrogens is 1. The maximum absolute atomic E-state index is 12.9. The van der Waals surface area contributed by atoms with Gasteiger partial charge in [0.1, 0.15) is 5.52 Å². The van der Waals surface area contributed by atoms with Crippen molar-refractivity contribution in [2.24, 2.45) is 5.92 Å². The molecule has 0 saturated carbocycles. The van der Waals surface area contributed by atoms with Gasteiger partial charge in [0, 0.05) is 12.2 Å². The number of amides is 1. The van der Waals surface area contributed by atoms with Crippen LogP contribution in [0.4, 0.5) is 0 Å². The summed E-state index contributed by atoms with van der Waals surface area (Å²) in [6.07, 6.45) is 1.89. The molecule has 0 spiro atoms. The number of carboxylic acids is 1. The van der Waals surface area contributed by atoms with E-state index in [0.717, 1.165) is 16.7 Å². The molecule has 0 aliphatic heterocycles. The predicted octanol–water partition coefficient (Wildman–Crippen LogP) is 2.44. The quantitative estimate of drug-likeness (QED) is 0.310. The summed E-state index contributed by atoms with van der Waals surface area (Å²) in [4.78, 5) is 28.5. The first-order valence-electron chi connectivity index (χ1n) is 10.5. The van der Waals surface area contributed by atoms with Crippen molar-refractivity contribution in [1.29, 1.82) is 0 Å². The number of aromatic amines is 1. The molecule has 2 atom stereocenters. The van der Waals surface area contributed by atoms with Gasteiger partial charge in [-0.05, 0) is 35.6 Å². The minimum atomic E-state index is -1.11. The SMILES string of the molecule is O=C(NC(Cc1ccc(-c2ccccc2)cc1)C[C@@H](CO)C(=O)O)c1cnc2nn[nH]c2c1. The topological polar surface area (TPSA) is 141 Å². The van der Waals surface area contributed by atoms with Crippen LogP contribution >= 0.6 is 0 Å². The highest BCUT2D eigenvalue weighted by atomic mass is 16.4. The van der Waals surface area contributed by atoms with E-state index in [1.807, 2.05) is 54.6 Å². The number of aliphatic hydroxyl groups excluding tert-OH is 1. The second kappa shape index (κ2) is 10.0. The zero-order valence-electron chi connectivity index (χ0n) is 17.7. The summed E-state index contributed by atoms with van der Waals surface area (Å²) >= 11 is 0. The van der Waals surface area contributed by atoms with Gasteiger partial charge < -0.3 is 15.5 Å². The Bertz CT molecular complexity index is 1240. The number of hydrogen-bond donors (Lipinski definition) is 4. The number of fused-ring (bicyclic) bond motifs is 1. The Labute approximate surface area is 189 Å². The van der Waals surface area contributed by atoms with E-state index in [0.29, 0.717) is 23.1 Å². The maximum Gasteiger partial charge on any atom is 0.308 e. The van der Waals surface area contributed by atoms with Gasteiger partial charge in [0.25, 0.3) is 5.91 Å². The summed E-state index contributed by atoms with van der Waals surface area (Å²) in [5.41, 5.74) is 4.31. The third-order valence-corrected chi connectivity index (χ3v) is 5.46. The normalized spacial score (nSPS) is 12.9. The number of carbonyl (C=O) groups excluding carboxylic acids is 1. The van der Waals surface area contributed by atoms with E-state index < -0.39 is 30.4 Å². The van der Waals surface area contributed by atoms with Crippen molar-refractivity contribution in [1.82, 2.24) is 25.7 Å². The van der Waals surface area contributed by atoms with Gasteiger partial charge in [-0.25, -0.2) is 4.98 Å². The second-order valence-electron chi connectivity index (χ2n) is 7.80. The fraction of sp³-hybridized carbons (Fsp3) is 0.208. The van der Waals surface area contributed by atoms with E-state index in [2.05, 4.69) is 25.7 Å². The smallest absolute Gasteiger partial charge is 0.308 e. The molecule has 2 aromatic carbocycles. The van der Waals surface area contributed by atoms with Crippen LogP contribution in [0, 0.1) is 5.92 Å². The van der Waals surface area contributed by atoms with Crippen LogP contribution in [-0.4, -0.2) is 55.1 Å². The summed E-state index contributed by atoms with van der Waals surface area (Å²) < 4.78 is 0. The molecule has 9 heteroatoms. The number of hydrogen-bond acceptors (Lipinski definition) is 6. The molecular formula is C24H23N5O4. The van der Waals surface area contributed by atoms with Gasteiger partial charge in [0.2, 0.25) is 5.65 Å². The molecule has 33 heavy (non-hydrogen) atoms. The van der Waals surface area contributed by atoms with Crippen LogP contribution in [0.15, 0.2) is 66.9 Å². The van der Waals surface area contributed by atoms with Crippen molar-refractivity contribution in [2.75, 3.05) is 6.61 Å². The molecule has 168 valence electrons. The van der Waals surface area contributed by atoms with E-state index in [1.54, 1.807) is 6.07 Å². The van der Waals surface area contributed by atoms with Crippen molar-refractivity contribution in [2.45, 2.75) is 18.9 Å². The molecule has 0 radical (unpaired) electrons. The molecule has 0 fully saturated rings. The van der Waals surface area contributed by atoms with Crippen LogP contribution in [-0.2, 0) is 11.2 Å². The van der Waals surface area contributed by atoms with Crippen molar-refractivity contribution in [3.63, 3.8) is 0 Å². The number of aliphatic carboxylic acids is 1. The van der Waals surface area contributed by atoms with Gasteiger partial charge in [-0.2, -0.15) is 0 Å². The highest BCUT2D eigenvalue weighted by Crippen LogP contribution is 2.21. The summed E-state index contributed by atoms with van der Waals surface area (Å²) in [7, 11) is 0. The van der Waals surface area contributed by atoms with E-state index >= 15 is 0 Å². The summed E-state index contributed by atoms with van der Waals surface area (Å²) in [5.74, 6) is -2.49. The van der Waals surface area contributed by atoms with Crippen molar-refractivity contribution < 1.29 is 19.8 Å². The summed E-state index contributed by atoms with van der Waals surface area (Å²) in [6.45, 7) is -0.512. The van der Waals surface area contributed by atoms with Gasteiger partial charge in [0.05, 0.1) is 18.1 Å². The number of rotatable bonds is 9. The second-order valence-corrected chi connectivity index (χ2v) is 7.80. The molecule has 0 aliphatic carbocycles. The number of benzene rings is 2. The lowest BCUT2D eigenvalue weighted by Crippen LogP contribution is -2.39. The lowest BCUT2D eigenvalue weighted by atomic mass is 9.94. The molecule has 9 nitrogen and oxygen atoms in total. The van der Waals surface area contributed by atoms with Crippen molar-refractivity contribution >= 4 is 23.0 Å². The molecular weight excluding hydrogens is 422 g/mol. The number of aliphatic hydroxyl groups is 1. The Balaban J connectivity index is 1.52. The Kier molecular flexibility index (Phi) is 6.70. The Hall–Kier alpha value is -4.11. The number of nitrogens with one attached hydrogen (secondary N) is 2. The molecule has 4 rings (SSSR count). The van der Waals surface area contributed by atoms with Gasteiger partial charge in [0.15, 0.2) is 0 Å². The van der Waals surface area contributed by atoms with Crippen LogP contribution < -0.4 is 5.32 Å². The van der Waals surface area contributed by atoms with Crippen LogP contribution in [0.3, 0.4) is 0 Å². The predicted molar refractivity (Wildman–Crippen MR) is 121 cm³/mol. The average molecular weight is 445 g/mol. The zero-order valence-corrected chi connectivity index (χ0v) is 17.7. The molecule has 2 heterocycles. The monoisotopic (exact) mass is 445 g/mol. The van der Waals surface area contributed by atoms with Gasteiger partial charge in [-0.15, -0.1) is 5.10 Å². The van der Waals surface area contributed by atoms with E-state index in [9.17, 15) is 19.8 Å². The van der Waals surface area contributed by atoms with E-state index in [1.165, 1.54) is 6.20 Å². The first-order valence-corrected chi connectivity index (χ1v) is 10.5. The van der Waals surface area contributed by atoms with Gasteiger partial charge >= 0.3 is 5.97 Å². The Morgan fingerprint density at radius 3 is 2.45 bits per heavy atom. The third-order valence-electron chi connectivity index (χ3n) is 5.46. The molecule has 0 saturated heterocycles. The molecule has 2 aromatic heterocycles. The molecule has 1 unspecified atom stereocenters. The van der Waals surface area contributed by atoms with Gasteiger partial charge in [-0.3, -0.25) is 14.7 Å². The Morgan fingerprint density at radius 2 is 1.76 bits per heavy atom. The van der Waals surface area contributed by atoms with E-state index in [-0.39, 0.29) is 6.42 Å². The molecule has 1 amide bonds. The standard InChI is InChI=1S/C24H23N5O4/c30-14-19(24(32)33)11-20(26-23(31)18-12-21-22(25-13-18)28-29-27-21)10-15-6-8-17(9-7-15)16-4-2-1-3-5-16/h1-9,12-13,19-20,30H,10-11,14H2,(H,26,31)(H,32,33)(H,25,27,28,29)/t19-,20?/m0/s1. The van der Waals surface area contributed by atoms with Gasteiger partial charge in [-0.1, -0.05) is 59.8 Å². The highest BCUT2D eigenvalue weighted by molar-refractivity contribution is 5.96. The molecule has 0 bridgehead atoms. The fourth-order valence-electron chi connectivity index (χ4n) is 3.68. The highest BCUT2D eigenvalue weighted by Gasteiger charge is 2.24. The minimum Gasteiger partial charge on any atom is -0.481 e.